The Kier molecular flexibility index (Phi) is 2.13. The van der Waals surface area contributed by atoms with Crippen LogP contribution in [0.3, 0.4) is 0 Å². The van der Waals surface area contributed by atoms with Crippen LogP contribution in [-0.4, -0.2) is 6.54 Å². The van der Waals surface area contributed by atoms with Gasteiger partial charge in [0.05, 0.1) is 5.56 Å². The molecule has 0 amide bonds. The number of nitriles is 1. The molecule has 2 unspecified atom stereocenters. The third-order valence-corrected chi connectivity index (χ3v) is 4.38. The number of nitrogens with two attached hydrogens (primary N) is 1. The van der Waals surface area contributed by atoms with E-state index in [4.69, 9.17) is 11.0 Å². The van der Waals surface area contributed by atoms with E-state index >= 15 is 0 Å². The zero-order chi connectivity index (χ0) is 10.3. The summed E-state index contributed by atoms with van der Waals surface area (Å²) in [6.07, 6.45) is 0. The van der Waals surface area contributed by atoms with E-state index in [0.717, 1.165) is 12.1 Å². The number of hydrogen-bond donors (Lipinski definition) is 1. The zero-order valence-corrected chi connectivity index (χ0v) is 9.27. The second-order valence-electron chi connectivity index (χ2n) is 4.49. The number of hydrogen-bond acceptors (Lipinski definition) is 3. The van der Waals surface area contributed by atoms with Crippen molar-refractivity contribution in [2.24, 2.45) is 17.1 Å². The van der Waals surface area contributed by atoms with E-state index in [-0.39, 0.29) is 0 Å². The summed E-state index contributed by atoms with van der Waals surface area (Å²) in [5.74, 6) is 1.16. The molecule has 1 fully saturated rings. The third kappa shape index (κ3) is 1.26. The lowest BCUT2D eigenvalue weighted by molar-refractivity contribution is 0.559. The van der Waals surface area contributed by atoms with Crippen molar-refractivity contribution >= 4 is 11.3 Å². The second kappa shape index (κ2) is 3.08. The first-order valence-corrected chi connectivity index (χ1v) is 5.67. The Morgan fingerprint density at radius 2 is 2.36 bits per heavy atom. The summed E-state index contributed by atoms with van der Waals surface area (Å²) in [5.41, 5.74) is 6.82. The molecular formula is C11H14N2S. The molecule has 1 aromatic heterocycles. The van der Waals surface area contributed by atoms with Crippen LogP contribution in [0.1, 0.15) is 30.2 Å². The van der Waals surface area contributed by atoms with Crippen molar-refractivity contribution in [3.63, 3.8) is 0 Å². The minimum Gasteiger partial charge on any atom is -0.330 e. The summed E-state index contributed by atoms with van der Waals surface area (Å²) in [6.45, 7) is 5.25. The Balaban J connectivity index is 2.23. The molecule has 0 saturated heterocycles. The van der Waals surface area contributed by atoms with Gasteiger partial charge in [-0.15, -0.1) is 11.3 Å². The number of nitrogens with zero attached hydrogens (tertiary/aromatic N) is 1. The minimum atomic E-state index is 0.326. The fourth-order valence-electron chi connectivity index (χ4n) is 2.32. The van der Waals surface area contributed by atoms with Crippen molar-refractivity contribution in [1.29, 1.82) is 5.26 Å². The summed E-state index contributed by atoms with van der Waals surface area (Å²) >= 11 is 1.69. The molecule has 2 atom stereocenters. The topological polar surface area (TPSA) is 49.8 Å². The van der Waals surface area contributed by atoms with Crippen LogP contribution in [0, 0.1) is 22.7 Å². The monoisotopic (exact) mass is 206 g/mol. The summed E-state index contributed by atoms with van der Waals surface area (Å²) in [6, 6.07) is 4.18. The lowest BCUT2D eigenvalue weighted by Gasteiger charge is -1.98. The predicted molar refractivity (Wildman–Crippen MR) is 58.1 cm³/mol. The highest BCUT2D eigenvalue weighted by Crippen LogP contribution is 2.64. The molecule has 14 heavy (non-hydrogen) atoms. The fourth-order valence-corrected chi connectivity index (χ4v) is 3.52. The van der Waals surface area contributed by atoms with E-state index in [9.17, 15) is 0 Å². The van der Waals surface area contributed by atoms with Gasteiger partial charge in [0.2, 0.25) is 0 Å². The molecule has 0 bridgehead atoms. The molecule has 1 aliphatic carbocycles. The van der Waals surface area contributed by atoms with E-state index in [1.807, 2.05) is 11.4 Å². The van der Waals surface area contributed by atoms with Crippen molar-refractivity contribution in [3.05, 3.63) is 21.9 Å². The van der Waals surface area contributed by atoms with Crippen molar-refractivity contribution in [1.82, 2.24) is 0 Å². The van der Waals surface area contributed by atoms with Gasteiger partial charge in [0, 0.05) is 16.2 Å². The number of thiophene rings is 1. The Morgan fingerprint density at radius 3 is 2.79 bits per heavy atom. The van der Waals surface area contributed by atoms with E-state index < -0.39 is 0 Å². The highest BCUT2D eigenvalue weighted by atomic mass is 32.1. The highest BCUT2D eigenvalue weighted by Gasteiger charge is 2.57. The van der Waals surface area contributed by atoms with Gasteiger partial charge < -0.3 is 5.73 Å². The Labute approximate surface area is 88.4 Å². The van der Waals surface area contributed by atoms with Gasteiger partial charge in [-0.25, -0.2) is 0 Å². The first-order valence-electron chi connectivity index (χ1n) is 4.80. The Bertz CT molecular complexity index is 386. The van der Waals surface area contributed by atoms with E-state index in [2.05, 4.69) is 19.9 Å². The molecule has 3 heteroatoms. The van der Waals surface area contributed by atoms with Crippen molar-refractivity contribution in [2.45, 2.75) is 19.8 Å². The third-order valence-electron chi connectivity index (χ3n) is 3.36. The number of rotatable bonds is 2. The Hall–Kier alpha value is -0.850. The van der Waals surface area contributed by atoms with Gasteiger partial charge >= 0.3 is 0 Å². The second-order valence-corrected chi connectivity index (χ2v) is 5.43. The maximum absolute atomic E-state index is 8.74. The molecule has 1 aromatic rings. The molecular weight excluding hydrogens is 192 g/mol. The summed E-state index contributed by atoms with van der Waals surface area (Å²) in [5, 5.41) is 10.7. The average molecular weight is 206 g/mol. The van der Waals surface area contributed by atoms with Crippen LogP contribution in [0.15, 0.2) is 11.4 Å². The van der Waals surface area contributed by atoms with E-state index in [1.54, 1.807) is 11.3 Å². The predicted octanol–water partition coefficient (Wildman–Crippen LogP) is 2.32. The van der Waals surface area contributed by atoms with Crippen LogP contribution >= 0.6 is 11.3 Å². The molecule has 1 heterocycles. The zero-order valence-electron chi connectivity index (χ0n) is 8.45. The molecule has 74 valence electrons. The van der Waals surface area contributed by atoms with Crippen molar-refractivity contribution in [2.75, 3.05) is 6.54 Å². The van der Waals surface area contributed by atoms with Gasteiger partial charge in [0.15, 0.2) is 0 Å². The van der Waals surface area contributed by atoms with Gasteiger partial charge in [0.1, 0.15) is 6.07 Å². The molecule has 2 N–H and O–H groups in total. The van der Waals surface area contributed by atoms with Gasteiger partial charge in [0.25, 0.3) is 0 Å². The quantitative estimate of drug-likeness (QED) is 0.807. The first kappa shape index (κ1) is 9.70. The minimum absolute atomic E-state index is 0.326. The Morgan fingerprint density at radius 1 is 1.64 bits per heavy atom. The van der Waals surface area contributed by atoms with Crippen LogP contribution in [0.5, 0.6) is 0 Å². The molecule has 0 spiro atoms. The lowest BCUT2D eigenvalue weighted by Crippen LogP contribution is -2.05. The molecule has 2 nitrogen and oxygen atoms in total. The summed E-state index contributed by atoms with van der Waals surface area (Å²) < 4.78 is 0. The maximum Gasteiger partial charge on any atom is 0.100 e. The average Bonchev–Trinajstić information content (AvgIpc) is 2.55. The van der Waals surface area contributed by atoms with Crippen molar-refractivity contribution < 1.29 is 0 Å². The molecule has 2 rings (SSSR count). The normalized spacial score (nSPS) is 28.4. The largest absolute Gasteiger partial charge is 0.330 e. The maximum atomic E-state index is 8.74. The lowest BCUT2D eigenvalue weighted by atomic mass is 10.1. The van der Waals surface area contributed by atoms with Crippen LogP contribution in [-0.2, 0) is 0 Å². The van der Waals surface area contributed by atoms with Gasteiger partial charge in [-0.3, -0.25) is 0 Å². The van der Waals surface area contributed by atoms with E-state index in [1.165, 1.54) is 4.88 Å². The summed E-state index contributed by atoms with van der Waals surface area (Å²) in [7, 11) is 0. The van der Waals surface area contributed by atoms with E-state index in [0.29, 0.717) is 17.3 Å². The highest BCUT2D eigenvalue weighted by molar-refractivity contribution is 7.10. The molecule has 1 saturated carbocycles. The first-order chi connectivity index (χ1) is 6.61. The fraction of sp³-hybridized carbons (Fsp3) is 0.545. The summed E-state index contributed by atoms with van der Waals surface area (Å²) in [4.78, 5) is 1.32. The van der Waals surface area contributed by atoms with Crippen LogP contribution < -0.4 is 5.73 Å². The van der Waals surface area contributed by atoms with Crippen LogP contribution in [0.4, 0.5) is 0 Å². The van der Waals surface area contributed by atoms with Gasteiger partial charge in [-0.1, -0.05) is 13.8 Å². The van der Waals surface area contributed by atoms with Crippen molar-refractivity contribution in [3.8, 4) is 6.07 Å². The smallest absolute Gasteiger partial charge is 0.100 e. The van der Waals surface area contributed by atoms with Crippen LogP contribution in [0.2, 0.25) is 0 Å². The SMILES string of the molecule is CC1(C)C(CN)C1c1cc(C#N)cs1. The molecule has 0 aliphatic heterocycles. The van der Waals surface area contributed by atoms with Gasteiger partial charge in [-0.05, 0) is 23.9 Å². The molecule has 1 aliphatic rings. The van der Waals surface area contributed by atoms with Gasteiger partial charge in [-0.2, -0.15) is 5.26 Å². The molecule has 0 aromatic carbocycles. The molecule has 0 radical (unpaired) electrons. The van der Waals surface area contributed by atoms with Crippen LogP contribution in [0.25, 0.3) is 0 Å². The standard InChI is InChI=1S/C11H14N2S/c1-11(2)8(5-13)10(11)9-3-7(4-12)6-14-9/h3,6,8,10H,5,13H2,1-2H3.